The van der Waals surface area contributed by atoms with Gasteiger partial charge in [0.15, 0.2) is 0 Å². The first-order chi connectivity index (χ1) is 11.1. The second kappa shape index (κ2) is 7.47. The zero-order chi connectivity index (χ0) is 16.2. The summed E-state index contributed by atoms with van der Waals surface area (Å²) in [5.41, 5.74) is 1.02. The third kappa shape index (κ3) is 4.34. The highest BCUT2D eigenvalue weighted by Crippen LogP contribution is 2.30. The highest BCUT2D eigenvalue weighted by molar-refractivity contribution is 5.35. The van der Waals surface area contributed by atoms with Crippen molar-refractivity contribution in [3.63, 3.8) is 0 Å². The number of hydrogen-bond donors (Lipinski definition) is 1. The van der Waals surface area contributed by atoms with Gasteiger partial charge in [-0.25, -0.2) is 4.98 Å². The third-order valence-electron chi connectivity index (χ3n) is 4.91. The molecule has 127 valence electrons. The minimum absolute atomic E-state index is 0.121. The monoisotopic (exact) mass is 317 g/mol. The van der Waals surface area contributed by atoms with Crippen molar-refractivity contribution >= 4 is 5.95 Å². The highest BCUT2D eigenvalue weighted by atomic mass is 16.3. The Labute approximate surface area is 139 Å². The number of rotatable bonds is 4. The zero-order valence-electron chi connectivity index (χ0n) is 14.5. The van der Waals surface area contributed by atoms with Crippen LogP contribution < -0.4 is 4.90 Å². The van der Waals surface area contributed by atoms with Gasteiger partial charge < -0.3 is 14.9 Å². The summed E-state index contributed by atoms with van der Waals surface area (Å²) in [5.74, 6) is 2.76. The molecule has 1 N–H and O–H groups in total. The molecule has 2 aliphatic heterocycles. The summed E-state index contributed by atoms with van der Waals surface area (Å²) < 4.78 is 0. The normalized spacial score (nSPS) is 21.1. The first kappa shape index (κ1) is 16.5. The van der Waals surface area contributed by atoms with Crippen molar-refractivity contribution in [1.29, 1.82) is 0 Å². The van der Waals surface area contributed by atoms with Crippen LogP contribution in [0.15, 0.2) is 6.07 Å². The molecule has 2 fully saturated rings. The molecule has 5 nitrogen and oxygen atoms in total. The number of anilines is 1. The maximum absolute atomic E-state index is 10.0. The molecule has 1 aromatic rings. The van der Waals surface area contributed by atoms with Crippen molar-refractivity contribution < 1.29 is 5.11 Å². The zero-order valence-corrected chi connectivity index (χ0v) is 14.5. The molecule has 3 rings (SSSR count). The molecule has 2 saturated heterocycles. The number of likely N-dealkylation sites (tertiary alicyclic amines) is 1. The maximum atomic E-state index is 10.0. The molecule has 0 amide bonds. The molecule has 0 aliphatic carbocycles. The van der Waals surface area contributed by atoms with Gasteiger partial charge in [0.2, 0.25) is 11.8 Å². The summed E-state index contributed by atoms with van der Waals surface area (Å²) in [5, 5.41) is 10.0. The van der Waals surface area contributed by atoms with Crippen LogP contribution in [0.5, 0.6) is 5.88 Å². The lowest BCUT2D eigenvalue weighted by atomic mass is 9.93. The molecule has 0 spiro atoms. The summed E-state index contributed by atoms with van der Waals surface area (Å²) in [6.07, 6.45) is 5.90. The van der Waals surface area contributed by atoms with Crippen LogP contribution >= 0.6 is 0 Å². The average Bonchev–Trinajstić information content (AvgIpc) is 2.55. The SMILES string of the molecule is C[C](C)CN1CCC(c2cc(O)nc(N3CCCCC3)n2)CC1. The first-order valence-electron chi connectivity index (χ1n) is 8.96. The highest BCUT2D eigenvalue weighted by Gasteiger charge is 2.24. The molecule has 5 heteroatoms. The van der Waals surface area contributed by atoms with E-state index in [2.05, 4.69) is 28.6 Å². The van der Waals surface area contributed by atoms with Gasteiger partial charge in [-0.3, -0.25) is 0 Å². The number of piperidine rings is 2. The summed E-state index contributed by atoms with van der Waals surface area (Å²) in [6.45, 7) is 9.72. The summed E-state index contributed by atoms with van der Waals surface area (Å²) in [7, 11) is 0. The van der Waals surface area contributed by atoms with Gasteiger partial charge in [0.05, 0.1) is 5.69 Å². The van der Waals surface area contributed by atoms with Crippen molar-refractivity contribution in [3.8, 4) is 5.88 Å². The van der Waals surface area contributed by atoms with Crippen LogP contribution in [0.4, 0.5) is 5.95 Å². The van der Waals surface area contributed by atoms with E-state index in [0.29, 0.717) is 5.92 Å². The van der Waals surface area contributed by atoms with E-state index >= 15 is 0 Å². The van der Waals surface area contributed by atoms with E-state index in [-0.39, 0.29) is 5.88 Å². The van der Waals surface area contributed by atoms with Crippen LogP contribution in [0.3, 0.4) is 0 Å². The molecule has 0 unspecified atom stereocenters. The second-order valence-electron chi connectivity index (χ2n) is 7.26. The number of aromatic nitrogens is 2. The van der Waals surface area contributed by atoms with Gasteiger partial charge in [0.25, 0.3) is 0 Å². The third-order valence-corrected chi connectivity index (χ3v) is 4.91. The Kier molecular flexibility index (Phi) is 5.36. The van der Waals surface area contributed by atoms with Gasteiger partial charge in [0, 0.05) is 31.6 Å². The van der Waals surface area contributed by atoms with Gasteiger partial charge in [0.1, 0.15) is 0 Å². The van der Waals surface area contributed by atoms with Crippen LogP contribution in [0.1, 0.15) is 57.6 Å². The van der Waals surface area contributed by atoms with E-state index in [1.54, 1.807) is 6.07 Å². The van der Waals surface area contributed by atoms with Crippen molar-refractivity contribution in [2.75, 3.05) is 37.6 Å². The fraction of sp³-hybridized carbons (Fsp3) is 0.722. The molecule has 2 aliphatic rings. The minimum atomic E-state index is 0.121. The van der Waals surface area contributed by atoms with E-state index in [1.807, 2.05) is 0 Å². The molecule has 3 heterocycles. The van der Waals surface area contributed by atoms with Gasteiger partial charge in [-0.2, -0.15) is 4.98 Å². The minimum Gasteiger partial charge on any atom is -0.493 e. The molecule has 1 aromatic heterocycles. The Morgan fingerprint density at radius 1 is 1.09 bits per heavy atom. The van der Waals surface area contributed by atoms with Crippen LogP contribution in [-0.2, 0) is 0 Å². The molecule has 0 saturated carbocycles. The van der Waals surface area contributed by atoms with E-state index in [4.69, 9.17) is 4.98 Å². The second-order valence-corrected chi connectivity index (χ2v) is 7.26. The number of hydrogen-bond acceptors (Lipinski definition) is 5. The van der Waals surface area contributed by atoms with Gasteiger partial charge >= 0.3 is 0 Å². The smallest absolute Gasteiger partial charge is 0.228 e. The average molecular weight is 317 g/mol. The summed E-state index contributed by atoms with van der Waals surface area (Å²) in [6, 6.07) is 1.77. The lowest BCUT2D eigenvalue weighted by Crippen LogP contribution is -2.35. The molecule has 23 heavy (non-hydrogen) atoms. The van der Waals surface area contributed by atoms with Gasteiger partial charge in [-0.1, -0.05) is 13.8 Å². The fourth-order valence-electron chi connectivity index (χ4n) is 3.72. The molecular weight excluding hydrogens is 288 g/mol. The lowest BCUT2D eigenvalue weighted by Gasteiger charge is -2.33. The lowest BCUT2D eigenvalue weighted by molar-refractivity contribution is 0.218. The Morgan fingerprint density at radius 3 is 2.43 bits per heavy atom. The molecular formula is C18H29N4O. The summed E-state index contributed by atoms with van der Waals surface area (Å²) in [4.78, 5) is 13.8. The Morgan fingerprint density at radius 2 is 1.78 bits per heavy atom. The maximum Gasteiger partial charge on any atom is 0.228 e. The first-order valence-corrected chi connectivity index (χ1v) is 8.96. The topological polar surface area (TPSA) is 52.5 Å². The largest absolute Gasteiger partial charge is 0.493 e. The predicted molar refractivity (Wildman–Crippen MR) is 92.8 cm³/mol. The molecule has 0 atom stereocenters. The number of aromatic hydroxyl groups is 1. The molecule has 1 radical (unpaired) electrons. The fourth-order valence-corrected chi connectivity index (χ4v) is 3.72. The van der Waals surface area contributed by atoms with Crippen LogP contribution in [-0.4, -0.2) is 52.7 Å². The van der Waals surface area contributed by atoms with Crippen molar-refractivity contribution in [2.45, 2.75) is 51.9 Å². The van der Waals surface area contributed by atoms with E-state index in [0.717, 1.165) is 57.2 Å². The van der Waals surface area contributed by atoms with Crippen LogP contribution in [0, 0.1) is 5.92 Å². The van der Waals surface area contributed by atoms with Crippen molar-refractivity contribution in [2.24, 2.45) is 0 Å². The predicted octanol–water partition coefficient (Wildman–Crippen LogP) is 2.97. The van der Waals surface area contributed by atoms with E-state index in [9.17, 15) is 5.11 Å². The Balaban J connectivity index is 1.67. The number of nitrogens with zero attached hydrogens (tertiary/aromatic N) is 4. The summed E-state index contributed by atoms with van der Waals surface area (Å²) >= 11 is 0. The van der Waals surface area contributed by atoms with E-state index in [1.165, 1.54) is 25.2 Å². The van der Waals surface area contributed by atoms with Crippen LogP contribution in [0.2, 0.25) is 0 Å². The van der Waals surface area contributed by atoms with Crippen LogP contribution in [0.25, 0.3) is 0 Å². The van der Waals surface area contributed by atoms with Gasteiger partial charge in [-0.15, -0.1) is 0 Å². The quantitative estimate of drug-likeness (QED) is 0.925. The van der Waals surface area contributed by atoms with E-state index < -0.39 is 0 Å². The molecule has 0 aromatic carbocycles. The van der Waals surface area contributed by atoms with Crippen molar-refractivity contribution in [1.82, 2.24) is 14.9 Å². The standard InChI is InChI=1S/C18H29N4O/c1-14(2)13-21-10-6-15(7-11-21)16-12-17(23)20-18(19-16)22-8-4-3-5-9-22/h12,15H,3-11,13H2,1-2H3,(H,19,20,23). The Hall–Kier alpha value is -1.36. The van der Waals surface area contributed by atoms with Gasteiger partial charge in [-0.05, 0) is 51.1 Å². The molecule has 0 bridgehead atoms. The van der Waals surface area contributed by atoms with Crippen molar-refractivity contribution in [3.05, 3.63) is 17.7 Å². The Bertz CT molecular complexity index is 506.